The van der Waals surface area contributed by atoms with Gasteiger partial charge in [-0.1, -0.05) is 25.8 Å². The molecule has 0 amide bonds. The van der Waals surface area contributed by atoms with Gasteiger partial charge < -0.3 is 14.8 Å². The highest BCUT2D eigenvalue weighted by Gasteiger charge is 2.22. The van der Waals surface area contributed by atoms with E-state index in [1.54, 1.807) is 14.2 Å². The molecule has 0 saturated carbocycles. The molecule has 1 N–H and O–H groups in total. The lowest BCUT2D eigenvalue weighted by molar-refractivity contribution is 0.163. The van der Waals surface area contributed by atoms with E-state index in [0.29, 0.717) is 6.04 Å². The van der Waals surface area contributed by atoms with E-state index in [-0.39, 0.29) is 0 Å². The summed E-state index contributed by atoms with van der Waals surface area (Å²) in [5, 5.41) is 3.43. The molecule has 1 fully saturated rings. The minimum atomic E-state index is 0.479. The summed E-state index contributed by atoms with van der Waals surface area (Å²) in [4.78, 5) is 2.59. The van der Waals surface area contributed by atoms with Gasteiger partial charge in [-0.2, -0.15) is 0 Å². The van der Waals surface area contributed by atoms with E-state index in [4.69, 9.17) is 9.47 Å². The van der Waals surface area contributed by atoms with E-state index in [0.717, 1.165) is 37.7 Å². The number of unbranched alkanes of at least 4 members (excludes halogenated alkanes) is 1. The van der Waals surface area contributed by atoms with Crippen LogP contribution in [0.4, 0.5) is 0 Å². The molecule has 0 aromatic heterocycles. The number of hydrogen-bond acceptors (Lipinski definition) is 4. The fourth-order valence-corrected chi connectivity index (χ4v) is 3.01. The van der Waals surface area contributed by atoms with Crippen LogP contribution >= 0.6 is 0 Å². The van der Waals surface area contributed by atoms with Gasteiger partial charge in [0.1, 0.15) is 0 Å². The van der Waals surface area contributed by atoms with Gasteiger partial charge >= 0.3 is 0 Å². The van der Waals surface area contributed by atoms with Crippen molar-refractivity contribution in [1.29, 1.82) is 0 Å². The lowest BCUT2D eigenvalue weighted by atomic mass is 9.98. The van der Waals surface area contributed by atoms with Crippen molar-refractivity contribution in [2.75, 3.05) is 40.4 Å². The van der Waals surface area contributed by atoms with Crippen LogP contribution in [-0.2, 0) is 0 Å². The molecule has 21 heavy (non-hydrogen) atoms. The Morgan fingerprint density at radius 1 is 1.14 bits per heavy atom. The highest BCUT2D eigenvalue weighted by Crippen LogP contribution is 2.34. The summed E-state index contributed by atoms with van der Waals surface area (Å²) in [6, 6.07) is 6.83. The summed E-state index contributed by atoms with van der Waals surface area (Å²) in [7, 11) is 3.38. The van der Waals surface area contributed by atoms with E-state index in [1.165, 1.54) is 24.8 Å². The molecule has 0 aliphatic carbocycles. The van der Waals surface area contributed by atoms with Gasteiger partial charge in [0.05, 0.1) is 14.2 Å². The number of hydrogen-bond donors (Lipinski definition) is 1. The third-order valence-corrected chi connectivity index (χ3v) is 4.22. The van der Waals surface area contributed by atoms with Crippen molar-refractivity contribution >= 4 is 0 Å². The lowest BCUT2D eigenvalue weighted by Crippen LogP contribution is -2.45. The fraction of sp³-hybridized carbons (Fsp3) is 0.647. The van der Waals surface area contributed by atoms with Crippen molar-refractivity contribution in [1.82, 2.24) is 10.2 Å². The number of piperazine rings is 1. The van der Waals surface area contributed by atoms with Crippen LogP contribution in [0.3, 0.4) is 0 Å². The first-order valence-electron chi connectivity index (χ1n) is 7.96. The first-order valence-corrected chi connectivity index (χ1v) is 7.96. The van der Waals surface area contributed by atoms with Gasteiger partial charge in [-0.25, -0.2) is 0 Å². The molecule has 1 heterocycles. The first kappa shape index (κ1) is 16.1. The number of methoxy groups -OCH3 is 2. The van der Waals surface area contributed by atoms with Crippen molar-refractivity contribution in [2.24, 2.45) is 0 Å². The van der Waals surface area contributed by atoms with Gasteiger partial charge in [-0.15, -0.1) is 0 Å². The molecule has 1 atom stereocenters. The second kappa shape index (κ2) is 8.25. The molecule has 2 rings (SSSR count). The zero-order valence-electron chi connectivity index (χ0n) is 13.5. The number of ether oxygens (including phenoxy) is 2. The van der Waals surface area contributed by atoms with Crippen molar-refractivity contribution < 1.29 is 9.47 Å². The van der Waals surface area contributed by atoms with Crippen LogP contribution in [0.1, 0.15) is 37.8 Å². The van der Waals surface area contributed by atoms with E-state index < -0.39 is 0 Å². The monoisotopic (exact) mass is 292 g/mol. The molecule has 0 radical (unpaired) electrons. The second-order valence-corrected chi connectivity index (χ2v) is 5.56. The first-order chi connectivity index (χ1) is 10.3. The maximum Gasteiger partial charge on any atom is 0.161 e. The Hall–Kier alpha value is -1.26. The van der Waals surface area contributed by atoms with E-state index in [9.17, 15) is 0 Å². The quantitative estimate of drug-likeness (QED) is 0.838. The summed E-state index contributed by atoms with van der Waals surface area (Å²) >= 11 is 0. The summed E-state index contributed by atoms with van der Waals surface area (Å²) < 4.78 is 10.8. The van der Waals surface area contributed by atoms with E-state index in [2.05, 4.69) is 29.3 Å². The second-order valence-electron chi connectivity index (χ2n) is 5.56. The molecule has 1 aromatic rings. The van der Waals surface area contributed by atoms with Gasteiger partial charge in [0.15, 0.2) is 11.5 Å². The van der Waals surface area contributed by atoms with E-state index >= 15 is 0 Å². The summed E-state index contributed by atoms with van der Waals surface area (Å²) in [6.07, 6.45) is 3.69. The van der Waals surface area contributed by atoms with Gasteiger partial charge in [-0.3, -0.25) is 4.90 Å². The Labute approximate surface area is 128 Å². The summed E-state index contributed by atoms with van der Waals surface area (Å²) in [6.45, 7) is 6.64. The SMILES string of the molecule is CCCCC(c1ccc(OC)c(OC)c1)N1CCNCC1. The summed E-state index contributed by atoms with van der Waals surface area (Å²) in [5.41, 5.74) is 1.34. The molecule has 118 valence electrons. The number of nitrogens with one attached hydrogen (secondary N) is 1. The van der Waals surface area contributed by atoms with Crippen LogP contribution in [0.25, 0.3) is 0 Å². The fourth-order valence-electron chi connectivity index (χ4n) is 3.01. The zero-order valence-corrected chi connectivity index (χ0v) is 13.5. The van der Waals surface area contributed by atoms with Crippen molar-refractivity contribution in [3.63, 3.8) is 0 Å². The van der Waals surface area contributed by atoms with Crippen LogP contribution in [0, 0.1) is 0 Å². The normalized spacial score (nSPS) is 17.5. The molecular weight excluding hydrogens is 264 g/mol. The average molecular weight is 292 g/mol. The highest BCUT2D eigenvalue weighted by molar-refractivity contribution is 5.43. The smallest absolute Gasteiger partial charge is 0.161 e. The Balaban J connectivity index is 2.22. The van der Waals surface area contributed by atoms with Crippen LogP contribution in [0.5, 0.6) is 11.5 Å². The number of nitrogens with zero attached hydrogens (tertiary/aromatic N) is 1. The molecule has 1 unspecified atom stereocenters. The Morgan fingerprint density at radius 2 is 1.86 bits per heavy atom. The van der Waals surface area contributed by atoms with Crippen LogP contribution in [0.15, 0.2) is 18.2 Å². The Bertz CT molecular complexity index is 431. The molecule has 1 aromatic carbocycles. The standard InChI is InChI=1S/C17H28N2O2/c1-4-5-6-15(19-11-9-18-10-12-19)14-7-8-16(20-2)17(13-14)21-3/h7-8,13,15,18H,4-6,9-12H2,1-3H3. The molecule has 1 aliphatic rings. The minimum absolute atomic E-state index is 0.479. The van der Waals surface area contributed by atoms with Gasteiger partial charge in [0.2, 0.25) is 0 Å². The molecule has 0 spiro atoms. The predicted octanol–water partition coefficient (Wildman–Crippen LogP) is 2.84. The lowest BCUT2D eigenvalue weighted by Gasteiger charge is -2.35. The third-order valence-electron chi connectivity index (χ3n) is 4.22. The molecule has 4 nitrogen and oxygen atoms in total. The van der Waals surface area contributed by atoms with Crippen LogP contribution in [0.2, 0.25) is 0 Å². The highest BCUT2D eigenvalue weighted by atomic mass is 16.5. The van der Waals surface area contributed by atoms with Crippen molar-refractivity contribution in [3.05, 3.63) is 23.8 Å². The average Bonchev–Trinajstić information content (AvgIpc) is 2.56. The van der Waals surface area contributed by atoms with E-state index in [1.807, 2.05) is 6.07 Å². The maximum absolute atomic E-state index is 5.46. The Morgan fingerprint density at radius 3 is 2.48 bits per heavy atom. The van der Waals surface area contributed by atoms with Gasteiger partial charge in [0.25, 0.3) is 0 Å². The zero-order chi connectivity index (χ0) is 15.1. The molecule has 0 bridgehead atoms. The topological polar surface area (TPSA) is 33.7 Å². The molecular formula is C17H28N2O2. The van der Waals surface area contributed by atoms with Gasteiger partial charge in [-0.05, 0) is 24.1 Å². The molecule has 4 heteroatoms. The van der Waals surface area contributed by atoms with Crippen LogP contribution < -0.4 is 14.8 Å². The number of rotatable bonds is 7. The predicted molar refractivity (Wildman–Crippen MR) is 86.3 cm³/mol. The maximum atomic E-state index is 5.46. The number of benzene rings is 1. The third kappa shape index (κ3) is 4.11. The Kier molecular flexibility index (Phi) is 6.33. The van der Waals surface area contributed by atoms with Crippen molar-refractivity contribution in [2.45, 2.75) is 32.2 Å². The summed E-state index contributed by atoms with van der Waals surface area (Å²) in [5.74, 6) is 1.63. The minimum Gasteiger partial charge on any atom is -0.493 e. The van der Waals surface area contributed by atoms with Crippen molar-refractivity contribution in [3.8, 4) is 11.5 Å². The molecule has 1 aliphatic heterocycles. The largest absolute Gasteiger partial charge is 0.493 e. The van der Waals surface area contributed by atoms with Gasteiger partial charge in [0, 0.05) is 32.2 Å². The van der Waals surface area contributed by atoms with Crippen LogP contribution in [-0.4, -0.2) is 45.3 Å². The molecule has 1 saturated heterocycles.